The van der Waals surface area contributed by atoms with E-state index in [1.807, 2.05) is 24.3 Å². The normalized spacial score (nSPS) is 10.0. The highest BCUT2D eigenvalue weighted by Crippen LogP contribution is 2.19. The topological polar surface area (TPSA) is 79.5 Å². The van der Waals surface area contributed by atoms with E-state index in [0.29, 0.717) is 12.2 Å². The van der Waals surface area contributed by atoms with Crippen molar-refractivity contribution in [3.8, 4) is 5.75 Å². The summed E-state index contributed by atoms with van der Waals surface area (Å²) in [6.45, 7) is 1.72. The fourth-order valence-corrected chi connectivity index (χ4v) is 2.11. The summed E-state index contributed by atoms with van der Waals surface area (Å²) in [4.78, 5) is 22.9. The maximum atomic E-state index is 13.6. The van der Waals surface area contributed by atoms with Gasteiger partial charge >= 0.3 is 0 Å². The van der Waals surface area contributed by atoms with E-state index in [2.05, 4.69) is 16.0 Å². The Hall–Kier alpha value is -3.09. The minimum Gasteiger partial charge on any atom is -0.497 e. The zero-order chi connectivity index (χ0) is 18.2. The molecular weight excluding hydrogens is 325 g/mol. The lowest BCUT2D eigenvalue weighted by Gasteiger charge is -2.10. The van der Waals surface area contributed by atoms with E-state index in [0.717, 1.165) is 11.3 Å². The fourth-order valence-electron chi connectivity index (χ4n) is 2.11. The van der Waals surface area contributed by atoms with Gasteiger partial charge < -0.3 is 20.7 Å². The molecule has 0 saturated heterocycles. The van der Waals surface area contributed by atoms with Gasteiger partial charge in [0, 0.05) is 19.2 Å². The molecule has 7 heteroatoms. The Kier molecular flexibility index (Phi) is 6.33. The van der Waals surface area contributed by atoms with E-state index < -0.39 is 5.82 Å². The molecule has 2 amide bonds. The first-order chi connectivity index (χ1) is 12.0. The molecule has 2 rings (SSSR count). The number of rotatable bonds is 7. The van der Waals surface area contributed by atoms with Gasteiger partial charge in [0.15, 0.2) is 0 Å². The summed E-state index contributed by atoms with van der Waals surface area (Å²) < 4.78 is 18.6. The van der Waals surface area contributed by atoms with Crippen molar-refractivity contribution in [2.24, 2.45) is 0 Å². The van der Waals surface area contributed by atoms with E-state index in [4.69, 9.17) is 4.74 Å². The highest BCUT2D eigenvalue weighted by molar-refractivity contribution is 5.89. The number of hydrogen-bond acceptors (Lipinski definition) is 4. The SMILES string of the molecule is COc1ccc(CNC(=O)CNc2ccc(F)c(NC(C)=O)c2)cc1. The first-order valence-electron chi connectivity index (χ1n) is 7.68. The molecule has 0 aromatic heterocycles. The van der Waals surface area contributed by atoms with Gasteiger partial charge in [-0.1, -0.05) is 12.1 Å². The first kappa shape index (κ1) is 18.3. The van der Waals surface area contributed by atoms with Gasteiger partial charge in [-0.15, -0.1) is 0 Å². The van der Waals surface area contributed by atoms with E-state index in [-0.39, 0.29) is 24.0 Å². The molecular formula is C18H20FN3O3. The van der Waals surface area contributed by atoms with Crippen molar-refractivity contribution >= 4 is 23.2 Å². The van der Waals surface area contributed by atoms with Crippen LogP contribution in [0.5, 0.6) is 5.75 Å². The molecule has 3 N–H and O–H groups in total. The standard InChI is InChI=1S/C18H20FN3O3/c1-12(23)22-17-9-14(5-8-16(17)19)20-11-18(24)21-10-13-3-6-15(25-2)7-4-13/h3-9,20H,10-11H2,1-2H3,(H,21,24)(H,22,23). The number of anilines is 2. The van der Waals surface area contributed by atoms with Crippen molar-refractivity contribution in [2.75, 3.05) is 24.3 Å². The summed E-state index contributed by atoms with van der Waals surface area (Å²) in [7, 11) is 1.59. The number of methoxy groups -OCH3 is 1. The predicted octanol–water partition coefficient (Wildman–Crippen LogP) is 2.52. The van der Waals surface area contributed by atoms with Gasteiger partial charge in [-0.25, -0.2) is 4.39 Å². The summed E-state index contributed by atoms with van der Waals surface area (Å²) in [5, 5.41) is 8.06. The van der Waals surface area contributed by atoms with Crippen molar-refractivity contribution in [2.45, 2.75) is 13.5 Å². The second-order valence-electron chi connectivity index (χ2n) is 5.35. The van der Waals surface area contributed by atoms with Crippen LogP contribution in [0.1, 0.15) is 12.5 Å². The van der Waals surface area contributed by atoms with Crippen molar-refractivity contribution < 1.29 is 18.7 Å². The molecule has 0 atom stereocenters. The number of nitrogens with one attached hydrogen (secondary N) is 3. The summed E-state index contributed by atoms with van der Waals surface area (Å²) in [6, 6.07) is 11.5. The Morgan fingerprint density at radius 2 is 1.84 bits per heavy atom. The van der Waals surface area contributed by atoms with Crippen LogP contribution in [0.2, 0.25) is 0 Å². The van der Waals surface area contributed by atoms with Gasteiger partial charge in [0.25, 0.3) is 0 Å². The van der Waals surface area contributed by atoms with Crippen LogP contribution in [0.4, 0.5) is 15.8 Å². The quantitative estimate of drug-likeness (QED) is 0.720. The molecule has 6 nitrogen and oxygen atoms in total. The fraction of sp³-hybridized carbons (Fsp3) is 0.222. The summed E-state index contributed by atoms with van der Waals surface area (Å²) in [5.74, 6) is -0.359. The predicted molar refractivity (Wildman–Crippen MR) is 94.0 cm³/mol. The second-order valence-corrected chi connectivity index (χ2v) is 5.35. The van der Waals surface area contributed by atoms with Gasteiger partial charge in [-0.3, -0.25) is 9.59 Å². The number of benzene rings is 2. The summed E-state index contributed by atoms with van der Waals surface area (Å²) in [6.07, 6.45) is 0. The molecule has 2 aromatic rings. The number of hydrogen-bond donors (Lipinski definition) is 3. The molecule has 2 aromatic carbocycles. The molecule has 0 radical (unpaired) electrons. The molecule has 132 valence electrons. The van der Waals surface area contributed by atoms with Crippen LogP contribution < -0.4 is 20.7 Å². The largest absolute Gasteiger partial charge is 0.497 e. The maximum Gasteiger partial charge on any atom is 0.239 e. The first-order valence-corrected chi connectivity index (χ1v) is 7.68. The van der Waals surface area contributed by atoms with Gasteiger partial charge in [0.05, 0.1) is 19.3 Å². The molecule has 0 aliphatic heterocycles. The number of amides is 2. The third kappa shape index (κ3) is 5.80. The smallest absolute Gasteiger partial charge is 0.239 e. The average molecular weight is 345 g/mol. The lowest BCUT2D eigenvalue weighted by Crippen LogP contribution is -2.29. The van der Waals surface area contributed by atoms with Gasteiger partial charge in [0.1, 0.15) is 11.6 Å². The molecule has 0 saturated carbocycles. The van der Waals surface area contributed by atoms with E-state index >= 15 is 0 Å². The van der Waals surface area contributed by atoms with Crippen LogP contribution >= 0.6 is 0 Å². The summed E-state index contributed by atoms with van der Waals surface area (Å²) in [5.41, 5.74) is 1.55. The Bertz CT molecular complexity index is 748. The molecule has 0 bridgehead atoms. The Morgan fingerprint density at radius 1 is 1.12 bits per heavy atom. The highest BCUT2D eigenvalue weighted by atomic mass is 19.1. The van der Waals surface area contributed by atoms with Crippen molar-refractivity contribution in [1.82, 2.24) is 5.32 Å². The van der Waals surface area contributed by atoms with Crippen LogP contribution in [0.15, 0.2) is 42.5 Å². The maximum absolute atomic E-state index is 13.6. The van der Waals surface area contributed by atoms with Crippen LogP contribution in [-0.2, 0) is 16.1 Å². The van der Waals surface area contributed by atoms with Crippen molar-refractivity contribution in [3.05, 3.63) is 53.8 Å². The number of carbonyl (C=O) groups excluding carboxylic acids is 2. The molecule has 0 aliphatic rings. The molecule has 0 aliphatic carbocycles. The Labute approximate surface area is 145 Å². The van der Waals surface area contributed by atoms with Crippen LogP contribution in [-0.4, -0.2) is 25.5 Å². The lowest BCUT2D eigenvalue weighted by molar-refractivity contribution is -0.119. The molecule has 25 heavy (non-hydrogen) atoms. The van der Waals surface area contributed by atoms with Gasteiger partial charge in [0.2, 0.25) is 11.8 Å². The van der Waals surface area contributed by atoms with E-state index in [1.54, 1.807) is 7.11 Å². The van der Waals surface area contributed by atoms with E-state index in [9.17, 15) is 14.0 Å². The zero-order valence-corrected chi connectivity index (χ0v) is 14.1. The molecule has 0 spiro atoms. The monoisotopic (exact) mass is 345 g/mol. The third-order valence-electron chi connectivity index (χ3n) is 3.38. The number of ether oxygens (including phenoxy) is 1. The zero-order valence-electron chi connectivity index (χ0n) is 14.1. The highest BCUT2D eigenvalue weighted by Gasteiger charge is 2.07. The lowest BCUT2D eigenvalue weighted by atomic mass is 10.2. The van der Waals surface area contributed by atoms with Crippen LogP contribution in [0, 0.1) is 5.82 Å². The third-order valence-corrected chi connectivity index (χ3v) is 3.38. The molecule has 0 fully saturated rings. The number of carbonyl (C=O) groups is 2. The van der Waals surface area contributed by atoms with Crippen LogP contribution in [0.25, 0.3) is 0 Å². The minimum atomic E-state index is -0.537. The van der Waals surface area contributed by atoms with Gasteiger partial charge in [-0.05, 0) is 35.9 Å². The average Bonchev–Trinajstić information content (AvgIpc) is 2.60. The Morgan fingerprint density at radius 3 is 2.48 bits per heavy atom. The molecule has 0 unspecified atom stereocenters. The van der Waals surface area contributed by atoms with Crippen molar-refractivity contribution in [3.63, 3.8) is 0 Å². The van der Waals surface area contributed by atoms with Crippen molar-refractivity contribution in [1.29, 1.82) is 0 Å². The Balaban J connectivity index is 1.83. The van der Waals surface area contributed by atoms with Gasteiger partial charge in [-0.2, -0.15) is 0 Å². The summed E-state index contributed by atoms with van der Waals surface area (Å²) >= 11 is 0. The number of halogens is 1. The van der Waals surface area contributed by atoms with Crippen LogP contribution in [0.3, 0.4) is 0 Å². The minimum absolute atomic E-state index is 0.0291. The molecule has 0 heterocycles. The van der Waals surface area contributed by atoms with E-state index in [1.165, 1.54) is 25.1 Å². The second kappa shape index (κ2) is 8.68.